The van der Waals surface area contributed by atoms with Crippen molar-refractivity contribution in [3.05, 3.63) is 66.2 Å². The molecule has 0 bridgehead atoms. The number of rotatable bonds is 5. The molecule has 1 aromatic carbocycles. The molecule has 0 atom stereocenters. The second-order valence-electron chi connectivity index (χ2n) is 5.45. The third-order valence-electron chi connectivity index (χ3n) is 3.55. The summed E-state index contributed by atoms with van der Waals surface area (Å²) in [6, 6.07) is 9.67. The Morgan fingerprint density at radius 2 is 2.08 bits per heavy atom. The summed E-state index contributed by atoms with van der Waals surface area (Å²) in [6.45, 7) is 2.12. The largest absolute Gasteiger partial charge is 0.395 e. The minimum atomic E-state index is -0.253. The standard InChI is InChI=1S/C18H18N4O2/c1-13-9-21-22(12-13)17-4-2-3-14(8-17)15-7-16(11-19-10-15)18(24)20-5-6-23/h2-4,7-12,23H,5-6H2,1H3,(H,20,24). The van der Waals surface area contributed by atoms with Gasteiger partial charge in [0.05, 0.1) is 24.1 Å². The van der Waals surface area contributed by atoms with E-state index in [1.54, 1.807) is 18.5 Å². The van der Waals surface area contributed by atoms with Gasteiger partial charge in [-0.1, -0.05) is 12.1 Å². The molecule has 0 saturated heterocycles. The van der Waals surface area contributed by atoms with Crippen molar-refractivity contribution in [2.75, 3.05) is 13.2 Å². The Morgan fingerprint density at radius 1 is 1.21 bits per heavy atom. The first-order chi connectivity index (χ1) is 11.7. The zero-order valence-electron chi connectivity index (χ0n) is 13.3. The molecule has 3 rings (SSSR count). The average molecular weight is 322 g/mol. The van der Waals surface area contributed by atoms with E-state index < -0.39 is 0 Å². The average Bonchev–Trinajstić information content (AvgIpc) is 3.06. The molecule has 0 aliphatic rings. The van der Waals surface area contributed by atoms with E-state index in [9.17, 15) is 4.79 Å². The van der Waals surface area contributed by atoms with E-state index in [0.717, 1.165) is 22.4 Å². The molecule has 0 spiro atoms. The van der Waals surface area contributed by atoms with Crippen LogP contribution >= 0.6 is 0 Å². The van der Waals surface area contributed by atoms with Crippen LogP contribution < -0.4 is 5.32 Å². The summed E-state index contributed by atoms with van der Waals surface area (Å²) in [5.41, 5.74) is 4.28. The molecule has 24 heavy (non-hydrogen) atoms. The maximum Gasteiger partial charge on any atom is 0.252 e. The fraction of sp³-hybridized carbons (Fsp3) is 0.167. The second kappa shape index (κ2) is 7.06. The van der Waals surface area contributed by atoms with Crippen molar-refractivity contribution in [1.29, 1.82) is 0 Å². The van der Waals surface area contributed by atoms with Crippen LogP contribution in [0.25, 0.3) is 16.8 Å². The maximum atomic E-state index is 12.0. The molecule has 3 aromatic rings. The first-order valence-corrected chi connectivity index (χ1v) is 7.63. The van der Waals surface area contributed by atoms with Gasteiger partial charge in [0.15, 0.2) is 0 Å². The molecule has 6 heteroatoms. The number of aryl methyl sites for hydroxylation is 1. The number of carbonyl (C=O) groups is 1. The number of pyridine rings is 1. The number of aliphatic hydroxyl groups excluding tert-OH is 1. The number of hydrogen-bond acceptors (Lipinski definition) is 4. The summed E-state index contributed by atoms with van der Waals surface area (Å²) in [4.78, 5) is 16.2. The van der Waals surface area contributed by atoms with Gasteiger partial charge in [-0.05, 0) is 36.2 Å². The first-order valence-electron chi connectivity index (χ1n) is 7.63. The fourth-order valence-electron chi connectivity index (χ4n) is 2.38. The van der Waals surface area contributed by atoms with Crippen molar-refractivity contribution in [2.45, 2.75) is 6.92 Å². The van der Waals surface area contributed by atoms with E-state index in [-0.39, 0.29) is 19.1 Å². The van der Waals surface area contributed by atoms with Crippen molar-refractivity contribution < 1.29 is 9.90 Å². The SMILES string of the molecule is Cc1cnn(-c2cccc(-c3cncc(C(=O)NCCO)c3)c2)c1. The van der Waals surface area contributed by atoms with Gasteiger partial charge < -0.3 is 10.4 Å². The second-order valence-corrected chi connectivity index (χ2v) is 5.45. The molecular formula is C18H18N4O2. The van der Waals surface area contributed by atoms with Crippen LogP contribution in [-0.2, 0) is 0 Å². The molecule has 0 radical (unpaired) electrons. The highest BCUT2D eigenvalue weighted by Gasteiger charge is 2.08. The van der Waals surface area contributed by atoms with Gasteiger partial charge in [-0.15, -0.1) is 0 Å². The summed E-state index contributed by atoms with van der Waals surface area (Å²) in [5.74, 6) is -0.253. The van der Waals surface area contributed by atoms with E-state index in [4.69, 9.17) is 5.11 Å². The van der Waals surface area contributed by atoms with Crippen molar-refractivity contribution in [3.63, 3.8) is 0 Å². The van der Waals surface area contributed by atoms with Crippen molar-refractivity contribution in [1.82, 2.24) is 20.1 Å². The summed E-state index contributed by atoms with van der Waals surface area (Å²) in [7, 11) is 0. The van der Waals surface area contributed by atoms with Crippen molar-refractivity contribution in [3.8, 4) is 16.8 Å². The molecule has 2 heterocycles. The van der Waals surface area contributed by atoms with Gasteiger partial charge in [-0.2, -0.15) is 5.10 Å². The van der Waals surface area contributed by atoms with Gasteiger partial charge in [0, 0.05) is 30.7 Å². The third-order valence-corrected chi connectivity index (χ3v) is 3.55. The molecule has 0 unspecified atom stereocenters. The van der Waals surface area contributed by atoms with Crippen LogP contribution in [0.1, 0.15) is 15.9 Å². The van der Waals surface area contributed by atoms with E-state index in [2.05, 4.69) is 15.4 Å². The number of aliphatic hydroxyl groups is 1. The molecule has 0 aliphatic carbocycles. The predicted molar refractivity (Wildman–Crippen MR) is 91.0 cm³/mol. The molecule has 1 amide bonds. The third kappa shape index (κ3) is 3.49. The van der Waals surface area contributed by atoms with Crippen LogP contribution in [0.2, 0.25) is 0 Å². The number of aromatic nitrogens is 3. The molecule has 122 valence electrons. The summed E-state index contributed by atoms with van der Waals surface area (Å²) in [5, 5.41) is 15.7. The van der Waals surface area contributed by atoms with Crippen LogP contribution in [0.3, 0.4) is 0 Å². The zero-order valence-corrected chi connectivity index (χ0v) is 13.3. The predicted octanol–water partition coefficient (Wildman–Crippen LogP) is 1.96. The number of nitrogens with zero attached hydrogens (tertiary/aromatic N) is 3. The quantitative estimate of drug-likeness (QED) is 0.752. The number of amides is 1. The lowest BCUT2D eigenvalue weighted by atomic mass is 10.1. The molecular weight excluding hydrogens is 304 g/mol. The monoisotopic (exact) mass is 322 g/mol. The number of nitrogens with one attached hydrogen (secondary N) is 1. The van der Waals surface area contributed by atoms with Crippen molar-refractivity contribution >= 4 is 5.91 Å². The molecule has 0 fully saturated rings. The Morgan fingerprint density at radius 3 is 2.83 bits per heavy atom. The highest BCUT2D eigenvalue weighted by Crippen LogP contribution is 2.22. The summed E-state index contributed by atoms with van der Waals surface area (Å²) >= 11 is 0. The van der Waals surface area contributed by atoms with Gasteiger partial charge in [-0.3, -0.25) is 9.78 Å². The fourth-order valence-corrected chi connectivity index (χ4v) is 2.38. The Hall–Kier alpha value is -2.99. The van der Waals surface area contributed by atoms with Gasteiger partial charge >= 0.3 is 0 Å². The highest BCUT2D eigenvalue weighted by molar-refractivity contribution is 5.95. The van der Waals surface area contributed by atoms with Gasteiger partial charge in [0.25, 0.3) is 5.91 Å². The normalized spacial score (nSPS) is 10.6. The lowest BCUT2D eigenvalue weighted by Gasteiger charge is -2.08. The molecule has 2 aromatic heterocycles. The van der Waals surface area contributed by atoms with Crippen LogP contribution in [0.5, 0.6) is 0 Å². The molecule has 6 nitrogen and oxygen atoms in total. The van der Waals surface area contributed by atoms with Crippen LogP contribution in [0.15, 0.2) is 55.1 Å². The van der Waals surface area contributed by atoms with Crippen LogP contribution in [0.4, 0.5) is 0 Å². The molecule has 0 aliphatic heterocycles. The van der Waals surface area contributed by atoms with Crippen LogP contribution in [0, 0.1) is 6.92 Å². The zero-order chi connectivity index (χ0) is 16.9. The first kappa shape index (κ1) is 15.9. The van der Waals surface area contributed by atoms with Crippen LogP contribution in [-0.4, -0.2) is 38.9 Å². The Bertz CT molecular complexity index is 857. The summed E-state index contributed by atoms with van der Waals surface area (Å²) in [6.07, 6.45) is 6.99. The smallest absolute Gasteiger partial charge is 0.252 e. The lowest BCUT2D eigenvalue weighted by molar-refractivity contribution is 0.0944. The maximum absolute atomic E-state index is 12.0. The van der Waals surface area contributed by atoms with E-state index >= 15 is 0 Å². The molecule has 0 saturated carbocycles. The van der Waals surface area contributed by atoms with E-state index in [0.29, 0.717) is 5.56 Å². The van der Waals surface area contributed by atoms with E-state index in [1.807, 2.05) is 42.1 Å². The minimum Gasteiger partial charge on any atom is -0.395 e. The molecule has 2 N–H and O–H groups in total. The highest BCUT2D eigenvalue weighted by atomic mass is 16.3. The van der Waals surface area contributed by atoms with Gasteiger partial charge in [0.2, 0.25) is 0 Å². The van der Waals surface area contributed by atoms with Gasteiger partial charge in [0.1, 0.15) is 0 Å². The minimum absolute atomic E-state index is 0.0931. The lowest BCUT2D eigenvalue weighted by Crippen LogP contribution is -2.26. The van der Waals surface area contributed by atoms with E-state index in [1.165, 1.54) is 6.20 Å². The Labute approximate surface area is 139 Å². The number of carbonyl (C=O) groups excluding carboxylic acids is 1. The Balaban J connectivity index is 1.90. The number of hydrogen-bond donors (Lipinski definition) is 2. The summed E-state index contributed by atoms with van der Waals surface area (Å²) < 4.78 is 1.81. The van der Waals surface area contributed by atoms with Crippen molar-refractivity contribution in [2.24, 2.45) is 0 Å². The Kier molecular flexibility index (Phi) is 4.67. The number of benzene rings is 1. The topological polar surface area (TPSA) is 80.0 Å². The van der Waals surface area contributed by atoms with Gasteiger partial charge in [-0.25, -0.2) is 4.68 Å².